The van der Waals surface area contributed by atoms with Gasteiger partial charge in [-0.2, -0.15) is 0 Å². The molecule has 0 saturated heterocycles. The molecular formula is C61H40N2O. The zero-order valence-electron chi connectivity index (χ0n) is 34.9. The van der Waals surface area contributed by atoms with Gasteiger partial charge in [0.05, 0.1) is 0 Å². The number of rotatable bonds is 8. The minimum atomic E-state index is 0.625. The van der Waals surface area contributed by atoms with Crippen molar-refractivity contribution in [2.45, 2.75) is 0 Å². The van der Waals surface area contributed by atoms with Crippen LogP contribution in [-0.2, 0) is 0 Å². The minimum Gasteiger partial charge on any atom is -0.435 e. The van der Waals surface area contributed by atoms with Gasteiger partial charge < -0.3 is 9.32 Å². The van der Waals surface area contributed by atoms with Gasteiger partial charge in [-0.25, -0.2) is 4.98 Å². The number of nitrogens with zero attached hydrogens (tertiary/aromatic N) is 2. The highest BCUT2D eigenvalue weighted by atomic mass is 16.3. The molecule has 3 heteroatoms. The number of oxazole rings is 1. The monoisotopic (exact) mass is 816 g/mol. The SMILES string of the molecule is c1ccc(-c2cccc(N(c3ccc(-c4ccc(-c5cc6ccccc6c6oc(-c7ccccc7)nc56)cc4)cc3)c3ccc(-c4cc5ccccc5c5ccccc45)cc3)c2)cc1. The average Bonchev–Trinajstić information content (AvgIpc) is 3.84. The molecule has 0 spiro atoms. The summed E-state index contributed by atoms with van der Waals surface area (Å²) < 4.78 is 6.49. The molecule has 11 aromatic carbocycles. The molecule has 0 bridgehead atoms. The molecule has 1 heterocycles. The smallest absolute Gasteiger partial charge is 0.227 e. The van der Waals surface area contributed by atoms with E-state index < -0.39 is 0 Å². The third-order valence-electron chi connectivity index (χ3n) is 12.5. The molecule has 12 aromatic rings. The van der Waals surface area contributed by atoms with Crippen molar-refractivity contribution in [3.05, 3.63) is 243 Å². The highest BCUT2D eigenvalue weighted by molar-refractivity contribution is 6.14. The van der Waals surface area contributed by atoms with E-state index in [4.69, 9.17) is 9.40 Å². The maximum Gasteiger partial charge on any atom is 0.227 e. The van der Waals surface area contributed by atoms with Gasteiger partial charge in [0.2, 0.25) is 5.89 Å². The quantitative estimate of drug-likeness (QED) is 0.143. The summed E-state index contributed by atoms with van der Waals surface area (Å²) in [6.07, 6.45) is 0. The van der Waals surface area contributed by atoms with Crippen LogP contribution in [0.3, 0.4) is 0 Å². The van der Waals surface area contributed by atoms with Crippen molar-refractivity contribution in [3.8, 4) is 56.0 Å². The Labute approximate surface area is 371 Å². The normalized spacial score (nSPS) is 11.4. The van der Waals surface area contributed by atoms with E-state index in [0.29, 0.717) is 5.89 Å². The van der Waals surface area contributed by atoms with E-state index in [1.165, 1.54) is 43.8 Å². The van der Waals surface area contributed by atoms with Crippen molar-refractivity contribution in [2.24, 2.45) is 0 Å². The van der Waals surface area contributed by atoms with Gasteiger partial charge in [0, 0.05) is 33.6 Å². The van der Waals surface area contributed by atoms with Crippen LogP contribution in [0.15, 0.2) is 247 Å². The predicted octanol–water partition coefficient (Wildman–Crippen LogP) is 17.1. The van der Waals surface area contributed by atoms with Gasteiger partial charge in [0.1, 0.15) is 5.52 Å². The first-order valence-electron chi connectivity index (χ1n) is 21.8. The van der Waals surface area contributed by atoms with Gasteiger partial charge in [-0.05, 0) is 127 Å². The van der Waals surface area contributed by atoms with Crippen molar-refractivity contribution < 1.29 is 4.42 Å². The van der Waals surface area contributed by atoms with Crippen LogP contribution >= 0.6 is 0 Å². The van der Waals surface area contributed by atoms with Crippen molar-refractivity contribution in [1.82, 2.24) is 4.98 Å². The Balaban J connectivity index is 0.906. The summed E-state index contributed by atoms with van der Waals surface area (Å²) in [7, 11) is 0. The molecule has 300 valence electrons. The maximum absolute atomic E-state index is 6.49. The molecule has 64 heavy (non-hydrogen) atoms. The number of hydrogen-bond donors (Lipinski definition) is 0. The number of hydrogen-bond acceptors (Lipinski definition) is 3. The van der Waals surface area contributed by atoms with Crippen LogP contribution in [0, 0.1) is 0 Å². The van der Waals surface area contributed by atoms with Crippen LogP contribution in [0.4, 0.5) is 17.1 Å². The molecule has 0 aliphatic carbocycles. The van der Waals surface area contributed by atoms with Crippen LogP contribution in [0.25, 0.3) is 99.4 Å². The second-order valence-corrected chi connectivity index (χ2v) is 16.3. The fourth-order valence-corrected chi connectivity index (χ4v) is 9.29. The van der Waals surface area contributed by atoms with E-state index in [0.717, 1.165) is 66.8 Å². The van der Waals surface area contributed by atoms with Gasteiger partial charge in [0.25, 0.3) is 0 Å². The third-order valence-corrected chi connectivity index (χ3v) is 12.5. The molecule has 0 aliphatic rings. The molecule has 0 radical (unpaired) electrons. The second-order valence-electron chi connectivity index (χ2n) is 16.3. The summed E-state index contributed by atoms with van der Waals surface area (Å²) in [6.45, 7) is 0. The topological polar surface area (TPSA) is 29.3 Å². The number of anilines is 3. The van der Waals surface area contributed by atoms with Crippen LogP contribution in [0.2, 0.25) is 0 Å². The summed E-state index contributed by atoms with van der Waals surface area (Å²) in [6, 6.07) is 86.7. The highest BCUT2D eigenvalue weighted by Gasteiger charge is 2.18. The second kappa shape index (κ2) is 15.7. The minimum absolute atomic E-state index is 0.625. The van der Waals surface area contributed by atoms with E-state index in [2.05, 4.69) is 217 Å². The largest absolute Gasteiger partial charge is 0.435 e. The number of benzene rings is 11. The van der Waals surface area contributed by atoms with Gasteiger partial charge >= 0.3 is 0 Å². The van der Waals surface area contributed by atoms with E-state index >= 15 is 0 Å². The Morgan fingerprint density at radius 3 is 1.45 bits per heavy atom. The Hall–Kier alpha value is -8.53. The lowest BCUT2D eigenvalue weighted by Gasteiger charge is -2.26. The number of aromatic nitrogens is 1. The average molecular weight is 817 g/mol. The van der Waals surface area contributed by atoms with Crippen molar-refractivity contribution in [1.29, 1.82) is 0 Å². The van der Waals surface area contributed by atoms with E-state index in [1.807, 2.05) is 30.3 Å². The standard InChI is InChI=1S/C61H40N2O/c1-3-14-41(15-4-1)47-20-13-21-52(38-47)63(51-36-32-44(33-37-51)57-39-48-18-7-9-22-53(48)55-24-11-12-25-56(55)57)50-34-30-43(31-35-50)42-26-28-45(29-27-42)58-40-49-19-8-10-23-54(49)60-59(58)62-61(64-60)46-16-5-2-6-17-46/h1-40H. The molecule has 0 amide bonds. The Bertz CT molecular complexity index is 3630. The van der Waals surface area contributed by atoms with Gasteiger partial charge in [-0.3, -0.25) is 0 Å². The van der Waals surface area contributed by atoms with Gasteiger partial charge in [0.15, 0.2) is 5.58 Å². The Morgan fingerprint density at radius 1 is 0.297 bits per heavy atom. The van der Waals surface area contributed by atoms with Crippen molar-refractivity contribution in [3.63, 3.8) is 0 Å². The first kappa shape index (κ1) is 37.2. The van der Waals surface area contributed by atoms with E-state index in [9.17, 15) is 0 Å². The molecular weight excluding hydrogens is 777 g/mol. The molecule has 3 nitrogen and oxygen atoms in total. The van der Waals surface area contributed by atoms with Crippen molar-refractivity contribution in [2.75, 3.05) is 4.90 Å². The lowest BCUT2D eigenvalue weighted by Crippen LogP contribution is -2.10. The molecule has 0 N–H and O–H groups in total. The number of fused-ring (bicyclic) bond motifs is 6. The molecule has 0 atom stereocenters. The summed E-state index contributed by atoms with van der Waals surface area (Å²) in [5.74, 6) is 0.625. The Morgan fingerprint density at radius 2 is 0.766 bits per heavy atom. The van der Waals surface area contributed by atoms with Crippen LogP contribution < -0.4 is 4.90 Å². The first-order valence-corrected chi connectivity index (χ1v) is 21.8. The molecule has 0 aliphatic heterocycles. The molecule has 0 saturated carbocycles. The Kier molecular flexibility index (Phi) is 9.16. The predicted molar refractivity (Wildman–Crippen MR) is 268 cm³/mol. The van der Waals surface area contributed by atoms with Gasteiger partial charge in [-0.15, -0.1) is 0 Å². The summed E-state index contributed by atoms with van der Waals surface area (Å²) >= 11 is 0. The molecule has 0 fully saturated rings. The zero-order valence-corrected chi connectivity index (χ0v) is 34.9. The fraction of sp³-hybridized carbons (Fsp3) is 0. The first-order chi connectivity index (χ1) is 31.7. The van der Waals surface area contributed by atoms with Gasteiger partial charge in [-0.1, -0.05) is 182 Å². The fourth-order valence-electron chi connectivity index (χ4n) is 9.29. The van der Waals surface area contributed by atoms with E-state index in [-0.39, 0.29) is 0 Å². The summed E-state index contributed by atoms with van der Waals surface area (Å²) in [5.41, 5.74) is 15.1. The molecule has 12 rings (SSSR count). The molecule has 0 unspecified atom stereocenters. The van der Waals surface area contributed by atoms with Crippen LogP contribution in [0.1, 0.15) is 0 Å². The third kappa shape index (κ3) is 6.68. The van der Waals surface area contributed by atoms with Crippen molar-refractivity contribution >= 4 is 60.5 Å². The summed E-state index contributed by atoms with van der Waals surface area (Å²) in [5, 5.41) is 7.22. The summed E-state index contributed by atoms with van der Waals surface area (Å²) in [4.78, 5) is 7.42. The molecule has 1 aromatic heterocycles. The zero-order chi connectivity index (χ0) is 42.4. The highest BCUT2D eigenvalue weighted by Crippen LogP contribution is 2.42. The lowest BCUT2D eigenvalue weighted by molar-refractivity contribution is 0.623. The maximum atomic E-state index is 6.49. The lowest BCUT2D eigenvalue weighted by atomic mass is 9.93. The van der Waals surface area contributed by atoms with Crippen LogP contribution in [-0.4, -0.2) is 4.98 Å². The van der Waals surface area contributed by atoms with E-state index in [1.54, 1.807) is 0 Å². The van der Waals surface area contributed by atoms with Crippen LogP contribution in [0.5, 0.6) is 0 Å².